The summed E-state index contributed by atoms with van der Waals surface area (Å²) in [6.45, 7) is 0. The first-order valence-corrected chi connectivity index (χ1v) is 5.81. The number of hydrogen-bond acceptors (Lipinski definition) is 2. The van der Waals surface area contributed by atoms with Crippen molar-refractivity contribution in [3.8, 4) is 0 Å². The summed E-state index contributed by atoms with van der Waals surface area (Å²) in [5.41, 5.74) is 0.986. The minimum Gasteiger partial charge on any atom is -0.421 e. The van der Waals surface area contributed by atoms with Crippen LogP contribution in [-0.4, -0.2) is 5.97 Å². The standard InChI is InChI=1S/C11H6Br2O2/c12-9-8(15-11(14)10(9)13)6-7-4-2-1-3-5-7/h1-6H/b8-6+. The number of carbonyl (C=O) groups excluding carboxylic acids is 1. The lowest BCUT2D eigenvalue weighted by atomic mass is 10.2. The van der Waals surface area contributed by atoms with Gasteiger partial charge in [0.05, 0.1) is 4.48 Å². The molecule has 0 amide bonds. The van der Waals surface area contributed by atoms with E-state index in [4.69, 9.17) is 4.74 Å². The van der Waals surface area contributed by atoms with Crippen LogP contribution in [0.3, 0.4) is 0 Å². The van der Waals surface area contributed by atoms with Crippen molar-refractivity contribution >= 4 is 43.9 Å². The smallest absolute Gasteiger partial charge is 0.351 e. The van der Waals surface area contributed by atoms with E-state index < -0.39 is 0 Å². The Hall–Kier alpha value is -0.870. The van der Waals surface area contributed by atoms with Gasteiger partial charge in [0.2, 0.25) is 0 Å². The van der Waals surface area contributed by atoms with Gasteiger partial charge in [0.15, 0.2) is 0 Å². The van der Waals surface area contributed by atoms with Crippen molar-refractivity contribution in [3.63, 3.8) is 0 Å². The van der Waals surface area contributed by atoms with Gasteiger partial charge in [0.25, 0.3) is 0 Å². The first-order chi connectivity index (χ1) is 7.18. The lowest BCUT2D eigenvalue weighted by Crippen LogP contribution is -1.93. The third-order valence-electron chi connectivity index (χ3n) is 1.89. The predicted octanol–water partition coefficient (Wildman–Crippen LogP) is 3.59. The van der Waals surface area contributed by atoms with Crippen LogP contribution in [0.5, 0.6) is 0 Å². The molecule has 0 bridgehead atoms. The van der Waals surface area contributed by atoms with E-state index in [0.29, 0.717) is 14.7 Å². The zero-order valence-electron chi connectivity index (χ0n) is 7.54. The third-order valence-corrected chi connectivity index (χ3v) is 3.93. The molecule has 76 valence electrons. The molecular weight excluding hydrogens is 324 g/mol. The molecular formula is C11H6Br2O2. The fourth-order valence-corrected chi connectivity index (χ4v) is 1.81. The molecule has 0 atom stereocenters. The van der Waals surface area contributed by atoms with E-state index in [1.54, 1.807) is 6.08 Å². The number of allylic oxidation sites excluding steroid dienone is 1. The Kier molecular flexibility index (Phi) is 3.07. The van der Waals surface area contributed by atoms with Gasteiger partial charge in [-0.05, 0) is 43.5 Å². The van der Waals surface area contributed by atoms with Crippen LogP contribution in [0.4, 0.5) is 0 Å². The highest BCUT2D eigenvalue weighted by atomic mass is 79.9. The Balaban J connectivity index is 2.35. The molecule has 0 saturated heterocycles. The molecule has 0 spiro atoms. The average Bonchev–Trinajstić information content (AvgIpc) is 2.48. The van der Waals surface area contributed by atoms with Gasteiger partial charge in [-0.25, -0.2) is 4.79 Å². The maximum atomic E-state index is 11.2. The summed E-state index contributed by atoms with van der Waals surface area (Å²) in [5.74, 6) is 0.155. The van der Waals surface area contributed by atoms with Crippen LogP contribution < -0.4 is 0 Å². The number of rotatable bonds is 1. The number of cyclic esters (lactones) is 1. The van der Waals surface area contributed by atoms with Crippen LogP contribution >= 0.6 is 31.9 Å². The fourth-order valence-electron chi connectivity index (χ4n) is 1.18. The Labute approximate surface area is 104 Å². The summed E-state index contributed by atoms with van der Waals surface area (Å²) in [7, 11) is 0. The lowest BCUT2D eigenvalue weighted by Gasteiger charge is -1.97. The maximum absolute atomic E-state index is 11.2. The van der Waals surface area contributed by atoms with Crippen molar-refractivity contribution in [2.75, 3.05) is 0 Å². The predicted molar refractivity (Wildman–Crippen MR) is 65.4 cm³/mol. The molecule has 0 fully saturated rings. The Morgan fingerprint density at radius 2 is 1.73 bits per heavy atom. The molecule has 0 N–H and O–H groups in total. The molecule has 0 radical (unpaired) electrons. The van der Waals surface area contributed by atoms with Gasteiger partial charge in [-0.3, -0.25) is 0 Å². The number of halogens is 2. The van der Waals surface area contributed by atoms with Crippen LogP contribution in [0.2, 0.25) is 0 Å². The molecule has 1 aromatic carbocycles. The van der Waals surface area contributed by atoms with Gasteiger partial charge in [0, 0.05) is 0 Å². The second kappa shape index (κ2) is 4.33. The summed E-state index contributed by atoms with van der Waals surface area (Å²) in [4.78, 5) is 11.2. The monoisotopic (exact) mass is 328 g/mol. The Morgan fingerprint density at radius 1 is 1.07 bits per heavy atom. The van der Waals surface area contributed by atoms with E-state index in [1.165, 1.54) is 0 Å². The van der Waals surface area contributed by atoms with Crippen LogP contribution in [0, 0.1) is 0 Å². The van der Waals surface area contributed by atoms with Gasteiger partial charge >= 0.3 is 5.97 Å². The summed E-state index contributed by atoms with van der Waals surface area (Å²) < 4.78 is 6.11. The van der Waals surface area contributed by atoms with Crippen molar-refractivity contribution in [2.45, 2.75) is 0 Å². The number of benzene rings is 1. The molecule has 2 rings (SSSR count). The van der Waals surface area contributed by atoms with Crippen molar-refractivity contribution in [3.05, 3.63) is 50.6 Å². The van der Waals surface area contributed by atoms with E-state index in [1.807, 2.05) is 30.3 Å². The van der Waals surface area contributed by atoms with E-state index in [-0.39, 0.29) is 5.97 Å². The van der Waals surface area contributed by atoms with E-state index >= 15 is 0 Å². The molecule has 2 nitrogen and oxygen atoms in total. The summed E-state index contributed by atoms with van der Waals surface area (Å²) in [6.07, 6.45) is 1.80. The normalized spacial score (nSPS) is 18.5. The lowest BCUT2D eigenvalue weighted by molar-refractivity contribution is -0.132. The molecule has 1 aromatic rings. The summed E-state index contributed by atoms with van der Waals surface area (Å²) in [5, 5.41) is 0. The molecule has 1 heterocycles. The highest BCUT2D eigenvalue weighted by molar-refractivity contribution is 9.14. The molecule has 0 aliphatic carbocycles. The Bertz CT molecular complexity index is 461. The van der Waals surface area contributed by atoms with Gasteiger partial charge < -0.3 is 4.74 Å². The fraction of sp³-hybridized carbons (Fsp3) is 0. The zero-order valence-corrected chi connectivity index (χ0v) is 10.7. The molecule has 1 aliphatic rings. The number of hydrogen-bond donors (Lipinski definition) is 0. The third kappa shape index (κ3) is 2.21. The highest BCUT2D eigenvalue weighted by Gasteiger charge is 2.26. The van der Waals surface area contributed by atoms with Crippen molar-refractivity contribution in [2.24, 2.45) is 0 Å². The quantitative estimate of drug-likeness (QED) is 0.736. The topological polar surface area (TPSA) is 26.3 Å². The molecule has 1 aliphatic heterocycles. The van der Waals surface area contributed by atoms with Crippen molar-refractivity contribution < 1.29 is 9.53 Å². The van der Waals surface area contributed by atoms with Crippen LogP contribution in [0.15, 0.2) is 45.1 Å². The van der Waals surface area contributed by atoms with Crippen LogP contribution in [0.1, 0.15) is 5.56 Å². The zero-order chi connectivity index (χ0) is 10.8. The Morgan fingerprint density at radius 3 is 2.27 bits per heavy atom. The van der Waals surface area contributed by atoms with Gasteiger partial charge in [-0.15, -0.1) is 0 Å². The minimum absolute atomic E-state index is 0.371. The first-order valence-electron chi connectivity index (χ1n) is 4.23. The van der Waals surface area contributed by atoms with Gasteiger partial charge in [0.1, 0.15) is 10.2 Å². The molecule has 0 unspecified atom stereocenters. The largest absolute Gasteiger partial charge is 0.421 e. The maximum Gasteiger partial charge on any atom is 0.351 e. The first kappa shape index (κ1) is 10.6. The second-order valence-corrected chi connectivity index (χ2v) is 4.52. The number of esters is 1. The van der Waals surface area contributed by atoms with Gasteiger partial charge in [-0.2, -0.15) is 0 Å². The van der Waals surface area contributed by atoms with Gasteiger partial charge in [-0.1, -0.05) is 30.3 Å². The van der Waals surface area contributed by atoms with Crippen LogP contribution in [0.25, 0.3) is 6.08 Å². The molecule has 0 saturated carbocycles. The molecule has 0 aromatic heterocycles. The van der Waals surface area contributed by atoms with Crippen molar-refractivity contribution in [1.82, 2.24) is 0 Å². The van der Waals surface area contributed by atoms with E-state index in [0.717, 1.165) is 5.56 Å². The average molecular weight is 330 g/mol. The molecule has 15 heavy (non-hydrogen) atoms. The highest BCUT2D eigenvalue weighted by Crippen LogP contribution is 2.35. The van der Waals surface area contributed by atoms with Crippen LogP contribution in [-0.2, 0) is 9.53 Å². The summed E-state index contributed by atoms with van der Waals surface area (Å²) in [6, 6.07) is 9.66. The van der Waals surface area contributed by atoms with E-state index in [2.05, 4.69) is 31.9 Å². The second-order valence-electron chi connectivity index (χ2n) is 2.94. The number of carbonyl (C=O) groups is 1. The minimum atomic E-state index is -0.371. The SMILES string of the molecule is O=C1O/C(=C/c2ccccc2)C(Br)=C1Br. The van der Waals surface area contributed by atoms with Crippen molar-refractivity contribution in [1.29, 1.82) is 0 Å². The number of ether oxygens (including phenoxy) is 1. The molecule has 4 heteroatoms. The van der Waals surface area contributed by atoms with E-state index in [9.17, 15) is 4.79 Å². The summed E-state index contributed by atoms with van der Waals surface area (Å²) >= 11 is 6.43.